The van der Waals surface area contributed by atoms with E-state index in [0.717, 1.165) is 0 Å². The van der Waals surface area contributed by atoms with Crippen molar-refractivity contribution in [2.45, 2.75) is 0 Å². The summed E-state index contributed by atoms with van der Waals surface area (Å²) in [4.78, 5) is -1.51. The number of halogens is 2. The van der Waals surface area contributed by atoms with E-state index in [2.05, 4.69) is 5.73 Å². The lowest BCUT2D eigenvalue weighted by molar-refractivity contribution is -0.662. The minimum absolute atomic E-state index is 0. The first-order valence-electron chi connectivity index (χ1n) is 3.01. The summed E-state index contributed by atoms with van der Waals surface area (Å²) < 4.78 is 22.1. The molecule has 0 spiro atoms. The maximum atomic E-state index is 11.1. The van der Waals surface area contributed by atoms with Crippen LogP contribution in [0.2, 0.25) is 0 Å². The summed E-state index contributed by atoms with van der Waals surface area (Å²) in [6.07, 6.45) is 0. The van der Waals surface area contributed by atoms with Gasteiger partial charge in [-0.05, 0) is 4.48 Å². The molecule has 0 aromatic carbocycles. The average molecular weight is 262 g/mol. The molecule has 0 fully saturated rings. The molecule has 0 bridgehead atoms. The van der Waals surface area contributed by atoms with E-state index in [9.17, 15) is 14.2 Å². The maximum Gasteiger partial charge on any atom is 0.482 e. The molecule has 0 aromatic rings. The third kappa shape index (κ3) is 52.3. The van der Waals surface area contributed by atoms with Gasteiger partial charge in [0.2, 0.25) is 0 Å². The van der Waals surface area contributed by atoms with E-state index in [1.54, 1.807) is 0 Å². The zero-order chi connectivity index (χ0) is 14.9. The van der Waals surface area contributed by atoms with Crippen LogP contribution in [0.1, 0.15) is 0 Å². The SMILES string of the molecule is NC(N(O)F)=[N+]([O-])F.O[B]O.O[B]O.O[B]O. The molecule has 0 saturated carbocycles. The molecule has 0 aromatic heterocycles. The molecular formula is CH9B3F2N3O8. The van der Waals surface area contributed by atoms with Crippen molar-refractivity contribution in [1.29, 1.82) is 0 Å². The number of rotatable bonds is 0. The third-order valence-corrected chi connectivity index (χ3v) is 0.369. The van der Waals surface area contributed by atoms with E-state index in [-0.39, 0.29) is 23.1 Å². The second kappa shape index (κ2) is 24.2. The number of hydroxylamine groups is 1. The van der Waals surface area contributed by atoms with Crippen LogP contribution < -0.4 is 5.73 Å². The molecule has 17 heavy (non-hydrogen) atoms. The van der Waals surface area contributed by atoms with Gasteiger partial charge in [-0.1, -0.05) is 4.96 Å². The fourth-order valence-electron chi connectivity index (χ4n) is 0.0649. The molecule has 0 heterocycles. The minimum atomic E-state index is -1.56. The van der Waals surface area contributed by atoms with Crippen LogP contribution in [0.3, 0.4) is 0 Å². The highest BCUT2D eigenvalue weighted by Crippen LogP contribution is 1.80. The van der Waals surface area contributed by atoms with Crippen molar-refractivity contribution < 1.29 is 49.3 Å². The molecule has 3 radical (unpaired) electrons. The first kappa shape index (κ1) is 24.9. The normalized spacial score (nSPS) is 8.53. The topological polar surface area (TPSA) is 197 Å². The largest absolute Gasteiger partial charge is 0.713 e. The van der Waals surface area contributed by atoms with Gasteiger partial charge in [0.25, 0.3) is 0 Å². The molecule has 0 unspecified atom stereocenters. The summed E-state index contributed by atoms with van der Waals surface area (Å²) in [5, 5.41) is 57.4. The average Bonchev–Trinajstić information content (AvgIpc) is 2.19. The van der Waals surface area contributed by atoms with E-state index >= 15 is 0 Å². The second-order valence-corrected chi connectivity index (χ2v) is 1.21. The van der Waals surface area contributed by atoms with Crippen LogP contribution in [0, 0.1) is 5.21 Å². The molecule has 0 amide bonds. The maximum absolute atomic E-state index is 11.1. The van der Waals surface area contributed by atoms with E-state index in [1.165, 1.54) is 0 Å². The second-order valence-electron chi connectivity index (χ2n) is 1.21. The lowest BCUT2D eigenvalue weighted by atomic mass is 10.5. The van der Waals surface area contributed by atoms with Crippen molar-refractivity contribution >= 4 is 29.0 Å². The van der Waals surface area contributed by atoms with Crippen LogP contribution in [-0.4, -0.2) is 74.6 Å². The fraction of sp³-hybridized carbons (Fsp3) is 0. The molecule has 0 rings (SSSR count). The van der Waals surface area contributed by atoms with Gasteiger partial charge in [0, 0.05) is 4.48 Å². The molecule has 9 N–H and O–H groups in total. The first-order valence-corrected chi connectivity index (χ1v) is 3.01. The summed E-state index contributed by atoms with van der Waals surface area (Å²) in [6.45, 7) is 0. The summed E-state index contributed by atoms with van der Waals surface area (Å²) in [6, 6.07) is 0. The Morgan fingerprint density at radius 3 is 1.24 bits per heavy atom. The molecule has 99 valence electrons. The highest BCUT2D eigenvalue weighted by molar-refractivity contribution is 6.13. The van der Waals surface area contributed by atoms with Crippen LogP contribution in [-0.2, 0) is 0 Å². The van der Waals surface area contributed by atoms with Gasteiger partial charge >= 0.3 is 29.0 Å². The molecule has 0 aliphatic rings. The zero-order valence-corrected chi connectivity index (χ0v) is 8.00. The van der Waals surface area contributed by atoms with Gasteiger partial charge in [-0.15, -0.1) is 0 Å². The number of nitrogens with two attached hydrogens (primary N) is 1. The number of hydrogen-bond donors (Lipinski definition) is 8. The van der Waals surface area contributed by atoms with Crippen LogP contribution in [0.25, 0.3) is 0 Å². The van der Waals surface area contributed by atoms with E-state index in [1.807, 2.05) is 0 Å². The molecule has 16 heteroatoms. The van der Waals surface area contributed by atoms with Crippen molar-refractivity contribution in [3.05, 3.63) is 5.21 Å². The summed E-state index contributed by atoms with van der Waals surface area (Å²) in [7, 11) is 0. The molecule has 0 aliphatic heterocycles. The van der Waals surface area contributed by atoms with Gasteiger partial charge in [0.05, 0.1) is 5.29 Å². The van der Waals surface area contributed by atoms with Gasteiger partial charge in [0.15, 0.2) is 0 Å². The molecular weight excluding hydrogens is 252 g/mol. The van der Waals surface area contributed by atoms with Crippen LogP contribution in [0.5, 0.6) is 0 Å². The Morgan fingerprint density at radius 2 is 1.24 bits per heavy atom. The standard InChI is InChI=1S/CH3F2N3O2.3BH2O2/c2-5(7)1(4)6(3)8;3*2-1-3/h7H,4H2;3*2-3H. The quantitative estimate of drug-likeness (QED) is 0.0520. The zero-order valence-electron chi connectivity index (χ0n) is 8.00. The molecule has 0 atom stereocenters. The Bertz CT molecular complexity index is 154. The number of hydrogen-bond acceptors (Lipinski definition) is 8. The van der Waals surface area contributed by atoms with Crippen molar-refractivity contribution in [3.8, 4) is 0 Å². The molecule has 11 nitrogen and oxygen atoms in total. The Labute approximate surface area is 95.6 Å². The summed E-state index contributed by atoms with van der Waals surface area (Å²) in [5.74, 6) is -1.56. The van der Waals surface area contributed by atoms with Gasteiger partial charge in [-0.25, -0.2) is 0 Å². The third-order valence-electron chi connectivity index (χ3n) is 0.369. The van der Waals surface area contributed by atoms with E-state index in [0.29, 0.717) is 0 Å². The van der Waals surface area contributed by atoms with E-state index < -0.39 is 16.2 Å². The van der Waals surface area contributed by atoms with Gasteiger partial charge in [0.1, 0.15) is 0 Å². The predicted molar refractivity (Wildman–Crippen MR) is 49.2 cm³/mol. The van der Waals surface area contributed by atoms with Crippen molar-refractivity contribution in [2.24, 2.45) is 5.73 Å². The summed E-state index contributed by atoms with van der Waals surface area (Å²) >= 11 is 0. The smallest absolute Gasteiger partial charge is 0.482 e. The predicted octanol–water partition coefficient (Wildman–Crippen LogP) is -5.21. The van der Waals surface area contributed by atoms with Gasteiger partial charge in [-0.3, -0.25) is 5.73 Å². The Kier molecular flexibility index (Phi) is 35.4. The van der Waals surface area contributed by atoms with Crippen molar-refractivity contribution in [3.63, 3.8) is 0 Å². The number of guanidine groups is 1. The highest BCUT2D eigenvalue weighted by Gasteiger charge is 2.11. The lowest BCUT2D eigenvalue weighted by Gasteiger charge is -1.98. The number of nitrogens with zero attached hydrogens (tertiary/aromatic N) is 2. The fourth-order valence-corrected chi connectivity index (χ4v) is 0.0649. The van der Waals surface area contributed by atoms with Gasteiger partial charge in [-0.2, -0.15) is 5.21 Å². The van der Waals surface area contributed by atoms with Crippen LogP contribution >= 0.6 is 0 Å². The van der Waals surface area contributed by atoms with Crippen molar-refractivity contribution in [1.82, 2.24) is 5.29 Å². The highest BCUT2D eigenvalue weighted by atomic mass is 19.2. The van der Waals surface area contributed by atoms with Crippen LogP contribution in [0.4, 0.5) is 8.96 Å². The van der Waals surface area contributed by atoms with Crippen LogP contribution in [0.15, 0.2) is 0 Å². The Hall–Kier alpha value is -1.16. The first-order chi connectivity index (χ1) is 7.80. The van der Waals surface area contributed by atoms with E-state index in [4.69, 9.17) is 35.4 Å². The Balaban J connectivity index is -0.0000000784. The molecule has 0 aliphatic carbocycles. The van der Waals surface area contributed by atoms with Gasteiger partial charge < -0.3 is 35.4 Å². The Morgan fingerprint density at radius 1 is 1.06 bits per heavy atom. The monoisotopic (exact) mass is 262 g/mol. The summed E-state index contributed by atoms with van der Waals surface area (Å²) in [5.41, 5.74) is 4.22. The minimum Gasteiger partial charge on any atom is -0.713 e. The molecule has 0 saturated heterocycles. The lowest BCUT2D eigenvalue weighted by Crippen LogP contribution is -2.33. The van der Waals surface area contributed by atoms with Crippen molar-refractivity contribution in [2.75, 3.05) is 0 Å².